The van der Waals surface area contributed by atoms with Gasteiger partial charge in [0.05, 0.1) is 17.8 Å². The van der Waals surface area contributed by atoms with Gasteiger partial charge in [0.1, 0.15) is 5.75 Å². The molecule has 6 nitrogen and oxygen atoms in total. The molecule has 1 aromatic carbocycles. The third-order valence-corrected chi connectivity index (χ3v) is 3.61. The molecule has 1 aromatic heterocycles. The highest BCUT2D eigenvalue weighted by Crippen LogP contribution is 2.26. The Hall–Kier alpha value is -2.05. The molecular weight excluding hydrogens is 316 g/mol. The van der Waals surface area contributed by atoms with Crippen LogP contribution in [0.3, 0.4) is 0 Å². The fourth-order valence-electron chi connectivity index (χ4n) is 2.14. The van der Waals surface area contributed by atoms with Crippen molar-refractivity contribution in [1.82, 2.24) is 14.7 Å². The average molecular weight is 337 g/mol. The molecule has 0 aliphatic carbocycles. The number of rotatable bonds is 7. The zero-order valence-corrected chi connectivity index (χ0v) is 14.1. The van der Waals surface area contributed by atoms with Crippen LogP contribution in [0, 0.1) is 0 Å². The van der Waals surface area contributed by atoms with Crippen LogP contribution in [0.4, 0.5) is 0 Å². The maximum absolute atomic E-state index is 12.5. The third-order valence-electron chi connectivity index (χ3n) is 3.31. The van der Waals surface area contributed by atoms with E-state index in [4.69, 9.17) is 22.1 Å². The highest BCUT2D eigenvalue weighted by molar-refractivity contribution is 6.32. The molecule has 2 aromatic rings. The normalized spacial score (nSPS) is 10.6. The Labute approximate surface area is 140 Å². The summed E-state index contributed by atoms with van der Waals surface area (Å²) in [7, 11) is 3.59. The van der Waals surface area contributed by atoms with Crippen molar-refractivity contribution in [3.63, 3.8) is 0 Å². The molecule has 0 saturated heterocycles. The van der Waals surface area contributed by atoms with Crippen LogP contribution in [0.5, 0.6) is 5.75 Å². The number of amides is 1. The number of carbonyl (C=O) groups is 1. The van der Waals surface area contributed by atoms with E-state index < -0.39 is 0 Å². The minimum Gasteiger partial charge on any atom is -0.492 e. The third kappa shape index (κ3) is 4.71. The summed E-state index contributed by atoms with van der Waals surface area (Å²) in [5.41, 5.74) is 6.91. The molecule has 0 spiro atoms. The molecule has 0 bridgehead atoms. The lowest BCUT2D eigenvalue weighted by molar-refractivity contribution is 0.0785. The number of benzene rings is 1. The zero-order chi connectivity index (χ0) is 16.8. The maximum Gasteiger partial charge on any atom is 0.253 e. The largest absolute Gasteiger partial charge is 0.492 e. The molecule has 0 aliphatic heterocycles. The van der Waals surface area contributed by atoms with E-state index in [2.05, 4.69) is 5.10 Å². The summed E-state index contributed by atoms with van der Waals surface area (Å²) in [4.78, 5) is 14.1. The first-order valence-electron chi connectivity index (χ1n) is 7.36. The molecule has 7 heteroatoms. The monoisotopic (exact) mass is 336 g/mol. The first kappa shape index (κ1) is 17.3. The van der Waals surface area contributed by atoms with Crippen molar-refractivity contribution in [3.8, 4) is 5.75 Å². The summed E-state index contributed by atoms with van der Waals surface area (Å²) in [6, 6.07) is 5.05. The van der Waals surface area contributed by atoms with Gasteiger partial charge in [-0.2, -0.15) is 5.10 Å². The summed E-state index contributed by atoms with van der Waals surface area (Å²) >= 11 is 6.18. The van der Waals surface area contributed by atoms with Gasteiger partial charge >= 0.3 is 0 Å². The van der Waals surface area contributed by atoms with Gasteiger partial charge in [0, 0.05) is 38.0 Å². The molecule has 1 amide bonds. The highest BCUT2D eigenvalue weighted by atomic mass is 35.5. The van der Waals surface area contributed by atoms with Gasteiger partial charge < -0.3 is 15.4 Å². The number of nitrogens with zero attached hydrogens (tertiary/aromatic N) is 3. The number of hydrogen-bond donors (Lipinski definition) is 1. The second kappa shape index (κ2) is 7.99. The van der Waals surface area contributed by atoms with E-state index in [0.29, 0.717) is 36.0 Å². The van der Waals surface area contributed by atoms with Crippen molar-refractivity contribution in [3.05, 3.63) is 46.7 Å². The van der Waals surface area contributed by atoms with Gasteiger partial charge in [-0.1, -0.05) is 11.6 Å². The summed E-state index contributed by atoms with van der Waals surface area (Å²) in [5.74, 6) is 0.454. The summed E-state index contributed by atoms with van der Waals surface area (Å²) < 4.78 is 7.23. The second-order valence-electron chi connectivity index (χ2n) is 5.32. The van der Waals surface area contributed by atoms with Crippen LogP contribution in [0.1, 0.15) is 22.3 Å². The van der Waals surface area contributed by atoms with Gasteiger partial charge in [-0.15, -0.1) is 0 Å². The van der Waals surface area contributed by atoms with Crippen molar-refractivity contribution in [2.24, 2.45) is 12.8 Å². The van der Waals surface area contributed by atoms with Crippen molar-refractivity contribution in [2.75, 3.05) is 20.2 Å². The van der Waals surface area contributed by atoms with E-state index in [0.717, 1.165) is 12.0 Å². The average Bonchev–Trinajstić information content (AvgIpc) is 2.93. The van der Waals surface area contributed by atoms with E-state index >= 15 is 0 Å². The Morgan fingerprint density at radius 3 is 2.87 bits per heavy atom. The maximum atomic E-state index is 12.5. The van der Waals surface area contributed by atoms with Crippen LogP contribution in [-0.2, 0) is 13.6 Å². The van der Waals surface area contributed by atoms with E-state index in [1.807, 2.05) is 13.2 Å². The molecule has 0 fully saturated rings. The van der Waals surface area contributed by atoms with E-state index in [-0.39, 0.29) is 5.91 Å². The van der Waals surface area contributed by atoms with Crippen LogP contribution in [0.2, 0.25) is 5.02 Å². The second-order valence-corrected chi connectivity index (χ2v) is 5.73. The Kier molecular flexibility index (Phi) is 6.01. The summed E-state index contributed by atoms with van der Waals surface area (Å²) in [5, 5.41) is 4.51. The number of hydrogen-bond acceptors (Lipinski definition) is 4. The van der Waals surface area contributed by atoms with E-state index in [1.54, 1.807) is 41.0 Å². The number of aryl methyl sites for hydroxylation is 1. The smallest absolute Gasteiger partial charge is 0.253 e. The predicted molar refractivity (Wildman–Crippen MR) is 89.6 cm³/mol. The molecule has 0 saturated carbocycles. The van der Waals surface area contributed by atoms with E-state index in [9.17, 15) is 4.79 Å². The molecular formula is C16H21ClN4O2. The fraction of sp³-hybridized carbons (Fsp3) is 0.375. The van der Waals surface area contributed by atoms with Gasteiger partial charge in [0.25, 0.3) is 5.91 Å². The number of carbonyl (C=O) groups excluding carboxylic acids is 1. The Balaban J connectivity index is 2.02. The topological polar surface area (TPSA) is 73.4 Å². The van der Waals surface area contributed by atoms with Gasteiger partial charge in [-0.25, -0.2) is 0 Å². The quantitative estimate of drug-likeness (QED) is 0.786. The van der Waals surface area contributed by atoms with Crippen LogP contribution in [0.15, 0.2) is 30.6 Å². The van der Waals surface area contributed by atoms with Crippen LogP contribution in [-0.4, -0.2) is 40.8 Å². The Morgan fingerprint density at radius 2 is 2.26 bits per heavy atom. The van der Waals surface area contributed by atoms with Gasteiger partial charge in [-0.05, 0) is 31.2 Å². The molecule has 1 heterocycles. The van der Waals surface area contributed by atoms with Crippen LogP contribution < -0.4 is 10.5 Å². The number of aromatic nitrogens is 2. The molecule has 0 radical (unpaired) electrons. The molecule has 0 atom stereocenters. The number of ether oxygens (including phenoxy) is 1. The van der Waals surface area contributed by atoms with Crippen molar-refractivity contribution >= 4 is 17.5 Å². The molecule has 124 valence electrons. The first-order valence-corrected chi connectivity index (χ1v) is 7.74. The Bertz CT molecular complexity index is 672. The lowest BCUT2D eigenvalue weighted by atomic mass is 10.2. The summed E-state index contributed by atoms with van der Waals surface area (Å²) in [6.45, 7) is 1.55. The van der Waals surface area contributed by atoms with Gasteiger partial charge in [-0.3, -0.25) is 9.48 Å². The van der Waals surface area contributed by atoms with Gasteiger partial charge in [0.2, 0.25) is 0 Å². The summed E-state index contributed by atoms with van der Waals surface area (Å²) in [6.07, 6.45) is 4.38. The molecule has 2 rings (SSSR count). The van der Waals surface area contributed by atoms with Crippen molar-refractivity contribution in [2.45, 2.75) is 13.0 Å². The SMILES string of the molecule is CN(Cc1cnn(C)c1)C(=O)c1ccc(OCCCN)c(Cl)c1. The molecule has 2 N–H and O–H groups in total. The van der Waals surface area contributed by atoms with Crippen molar-refractivity contribution in [1.29, 1.82) is 0 Å². The minimum absolute atomic E-state index is 0.107. The minimum atomic E-state index is -0.107. The Morgan fingerprint density at radius 1 is 1.48 bits per heavy atom. The first-order chi connectivity index (χ1) is 11.0. The lowest BCUT2D eigenvalue weighted by Crippen LogP contribution is -2.26. The number of halogens is 1. The molecule has 0 unspecified atom stereocenters. The van der Waals surface area contributed by atoms with Crippen LogP contribution >= 0.6 is 11.6 Å². The molecule has 23 heavy (non-hydrogen) atoms. The standard InChI is InChI=1S/C16H21ClN4O2/c1-20(10-12-9-19-21(2)11-12)16(22)13-4-5-15(14(17)8-13)23-7-3-6-18/h4-5,8-9,11H,3,6-7,10,18H2,1-2H3. The zero-order valence-electron chi connectivity index (χ0n) is 13.3. The van der Waals surface area contributed by atoms with E-state index in [1.165, 1.54) is 0 Å². The highest BCUT2D eigenvalue weighted by Gasteiger charge is 2.14. The molecule has 0 aliphatic rings. The number of nitrogens with two attached hydrogens (primary N) is 1. The fourth-order valence-corrected chi connectivity index (χ4v) is 2.37. The predicted octanol–water partition coefficient (Wildman–Crippen LogP) is 2.07. The van der Waals surface area contributed by atoms with Crippen LogP contribution in [0.25, 0.3) is 0 Å². The lowest BCUT2D eigenvalue weighted by Gasteiger charge is -2.17. The van der Waals surface area contributed by atoms with Gasteiger partial charge in [0.15, 0.2) is 0 Å². The van der Waals surface area contributed by atoms with Crippen molar-refractivity contribution < 1.29 is 9.53 Å².